The van der Waals surface area contributed by atoms with Gasteiger partial charge in [0.25, 0.3) is 0 Å². The van der Waals surface area contributed by atoms with Gasteiger partial charge in [0.15, 0.2) is 11.6 Å². The number of esters is 1. The number of ether oxygens (including phenoxy) is 1. The molecule has 166 valence electrons. The zero-order valence-electron chi connectivity index (χ0n) is 17.9. The van der Waals surface area contributed by atoms with Gasteiger partial charge in [0, 0.05) is 25.4 Å². The Balaban J connectivity index is 2.10. The molecule has 0 fully saturated rings. The number of hydrogen-bond acceptors (Lipinski definition) is 3. The first kappa shape index (κ1) is 24.1. The van der Waals surface area contributed by atoms with Crippen molar-refractivity contribution in [1.82, 2.24) is 5.32 Å². The second kappa shape index (κ2) is 11.8. The van der Waals surface area contributed by atoms with Gasteiger partial charge in [-0.25, -0.2) is 18.4 Å². The van der Waals surface area contributed by atoms with Gasteiger partial charge in [-0.2, -0.15) is 0 Å². The van der Waals surface area contributed by atoms with Crippen molar-refractivity contribution in [3.05, 3.63) is 60.7 Å². The number of halogens is 2. The molecule has 0 saturated heterocycles. The van der Waals surface area contributed by atoms with Gasteiger partial charge in [0.2, 0.25) is 5.75 Å². The number of hydrogen-bond donors (Lipinski definition) is 1. The maximum atomic E-state index is 14.3. The molecule has 0 saturated carbocycles. The minimum atomic E-state index is -1.01. The quantitative estimate of drug-likeness (QED) is 0.223. The lowest BCUT2D eigenvalue weighted by molar-refractivity contribution is -0.129. The largest absolute Gasteiger partial charge is 0.417 e. The number of rotatable bonds is 10. The average molecular weight is 430 g/mol. The van der Waals surface area contributed by atoms with Crippen LogP contribution in [0.1, 0.15) is 39.0 Å². The third-order valence-corrected chi connectivity index (χ3v) is 4.80. The average Bonchev–Trinajstić information content (AvgIpc) is 2.77. The van der Waals surface area contributed by atoms with Crippen LogP contribution in [0.15, 0.2) is 49.1 Å². The SMILES string of the molecule is C=CC(=O)Oc1c(F)cc(-c2cccc(N(C)C(=O)NCCCCCCC)c2)cc1F. The van der Waals surface area contributed by atoms with Crippen LogP contribution in [0.5, 0.6) is 5.75 Å². The van der Waals surface area contributed by atoms with E-state index in [0.29, 0.717) is 17.8 Å². The highest BCUT2D eigenvalue weighted by Crippen LogP contribution is 2.31. The summed E-state index contributed by atoms with van der Waals surface area (Å²) in [6, 6.07) is 8.65. The van der Waals surface area contributed by atoms with Crippen LogP contribution in [-0.2, 0) is 4.79 Å². The van der Waals surface area contributed by atoms with Crippen molar-refractivity contribution in [2.45, 2.75) is 39.0 Å². The number of nitrogens with one attached hydrogen (secondary N) is 1. The molecule has 2 amide bonds. The van der Waals surface area contributed by atoms with Gasteiger partial charge in [-0.05, 0) is 41.8 Å². The first-order valence-electron chi connectivity index (χ1n) is 10.3. The molecule has 0 aromatic heterocycles. The Hall–Kier alpha value is -3.22. The summed E-state index contributed by atoms with van der Waals surface area (Å²) in [6.45, 7) is 5.94. The van der Waals surface area contributed by atoms with Crippen LogP contribution in [-0.4, -0.2) is 25.6 Å². The lowest BCUT2D eigenvalue weighted by Crippen LogP contribution is -2.37. The van der Waals surface area contributed by atoms with E-state index >= 15 is 0 Å². The maximum Gasteiger partial charge on any atom is 0.335 e. The van der Waals surface area contributed by atoms with E-state index in [-0.39, 0.29) is 11.6 Å². The zero-order chi connectivity index (χ0) is 22.8. The van der Waals surface area contributed by atoms with E-state index in [0.717, 1.165) is 37.5 Å². The van der Waals surface area contributed by atoms with E-state index in [2.05, 4.69) is 23.6 Å². The molecule has 2 aromatic carbocycles. The van der Waals surface area contributed by atoms with Gasteiger partial charge in [-0.15, -0.1) is 0 Å². The van der Waals surface area contributed by atoms with Crippen molar-refractivity contribution < 1.29 is 23.1 Å². The van der Waals surface area contributed by atoms with Crippen LogP contribution >= 0.6 is 0 Å². The van der Waals surface area contributed by atoms with Gasteiger partial charge in [-0.1, -0.05) is 51.3 Å². The third kappa shape index (κ3) is 6.91. The Morgan fingerprint density at radius 3 is 2.39 bits per heavy atom. The molecule has 0 bridgehead atoms. The minimum absolute atomic E-state index is 0.250. The Morgan fingerprint density at radius 1 is 1.06 bits per heavy atom. The van der Waals surface area contributed by atoms with Crippen molar-refractivity contribution in [3.63, 3.8) is 0 Å². The summed E-state index contributed by atoms with van der Waals surface area (Å²) in [4.78, 5) is 25.1. The maximum absolute atomic E-state index is 14.3. The Kier molecular flexibility index (Phi) is 9.18. The molecular weight excluding hydrogens is 402 g/mol. The molecule has 2 rings (SSSR count). The highest BCUT2D eigenvalue weighted by atomic mass is 19.1. The smallest absolute Gasteiger partial charge is 0.335 e. The van der Waals surface area contributed by atoms with Crippen molar-refractivity contribution in [2.75, 3.05) is 18.5 Å². The molecule has 0 heterocycles. The van der Waals surface area contributed by atoms with Crippen molar-refractivity contribution in [2.24, 2.45) is 0 Å². The number of benzene rings is 2. The number of urea groups is 1. The van der Waals surface area contributed by atoms with Crippen LogP contribution in [0.2, 0.25) is 0 Å². The first-order valence-corrected chi connectivity index (χ1v) is 10.3. The fourth-order valence-electron chi connectivity index (χ4n) is 3.02. The van der Waals surface area contributed by atoms with Crippen LogP contribution < -0.4 is 15.0 Å². The van der Waals surface area contributed by atoms with E-state index in [9.17, 15) is 18.4 Å². The fourth-order valence-corrected chi connectivity index (χ4v) is 3.02. The normalized spacial score (nSPS) is 10.5. The summed E-state index contributed by atoms with van der Waals surface area (Å²) in [5, 5.41) is 2.88. The summed E-state index contributed by atoms with van der Waals surface area (Å²) >= 11 is 0. The second-order valence-corrected chi connectivity index (χ2v) is 7.15. The molecule has 1 N–H and O–H groups in total. The van der Waals surface area contributed by atoms with Crippen LogP contribution in [0, 0.1) is 11.6 Å². The van der Waals surface area contributed by atoms with E-state index < -0.39 is 23.4 Å². The van der Waals surface area contributed by atoms with Gasteiger partial charge in [0.1, 0.15) is 0 Å². The summed E-state index contributed by atoms with van der Waals surface area (Å²) in [7, 11) is 1.63. The molecule has 0 radical (unpaired) electrons. The Morgan fingerprint density at radius 2 is 1.74 bits per heavy atom. The summed E-state index contributed by atoms with van der Waals surface area (Å²) < 4.78 is 33.2. The zero-order valence-corrected chi connectivity index (χ0v) is 17.9. The van der Waals surface area contributed by atoms with Gasteiger partial charge >= 0.3 is 12.0 Å². The van der Waals surface area contributed by atoms with Crippen molar-refractivity contribution >= 4 is 17.7 Å². The minimum Gasteiger partial charge on any atom is -0.417 e. The number of carbonyl (C=O) groups excluding carboxylic acids is 2. The number of unbranched alkanes of at least 4 members (excludes halogenated alkanes) is 4. The molecule has 2 aromatic rings. The standard InChI is InChI=1S/C24H28F2N2O3/c1-4-6-7-8-9-13-27-24(30)28(3)19-12-10-11-17(14-19)18-15-20(25)23(21(26)16-18)31-22(29)5-2/h5,10-12,14-16H,2,4,6-9,13H2,1,3H3,(H,27,30). The molecule has 0 unspecified atom stereocenters. The molecule has 0 aliphatic rings. The summed E-state index contributed by atoms with van der Waals surface area (Å²) in [6.07, 6.45) is 6.33. The lowest BCUT2D eigenvalue weighted by Gasteiger charge is -2.19. The highest BCUT2D eigenvalue weighted by Gasteiger charge is 2.17. The molecule has 31 heavy (non-hydrogen) atoms. The first-order chi connectivity index (χ1) is 14.9. The number of carbonyl (C=O) groups is 2. The third-order valence-electron chi connectivity index (χ3n) is 4.80. The molecule has 7 heteroatoms. The predicted molar refractivity (Wildman–Crippen MR) is 118 cm³/mol. The number of anilines is 1. The molecule has 0 atom stereocenters. The second-order valence-electron chi connectivity index (χ2n) is 7.15. The number of nitrogens with zero attached hydrogens (tertiary/aromatic N) is 1. The van der Waals surface area contributed by atoms with Crippen LogP contribution in [0.4, 0.5) is 19.3 Å². The van der Waals surface area contributed by atoms with Gasteiger partial charge < -0.3 is 10.1 Å². The van der Waals surface area contributed by atoms with Crippen LogP contribution in [0.25, 0.3) is 11.1 Å². The van der Waals surface area contributed by atoms with E-state index in [1.165, 1.54) is 17.7 Å². The topological polar surface area (TPSA) is 58.6 Å². The molecule has 0 aliphatic heterocycles. The van der Waals surface area contributed by atoms with E-state index in [1.807, 2.05) is 0 Å². The Labute approximate surface area is 181 Å². The summed E-state index contributed by atoms with van der Waals surface area (Å²) in [5.41, 5.74) is 1.33. The molecule has 0 spiro atoms. The predicted octanol–water partition coefficient (Wildman–Crippen LogP) is 5.84. The lowest BCUT2D eigenvalue weighted by atomic mass is 10.0. The van der Waals surface area contributed by atoms with E-state index in [1.54, 1.807) is 31.3 Å². The summed E-state index contributed by atoms with van der Waals surface area (Å²) in [5.74, 6) is -3.75. The van der Waals surface area contributed by atoms with Crippen molar-refractivity contribution in [1.29, 1.82) is 0 Å². The molecular formula is C24H28F2N2O3. The molecule has 5 nitrogen and oxygen atoms in total. The van der Waals surface area contributed by atoms with Gasteiger partial charge in [0.05, 0.1) is 0 Å². The number of amides is 2. The van der Waals surface area contributed by atoms with Crippen LogP contribution in [0.3, 0.4) is 0 Å². The molecule has 0 aliphatic carbocycles. The monoisotopic (exact) mass is 430 g/mol. The van der Waals surface area contributed by atoms with E-state index in [4.69, 9.17) is 0 Å². The Bertz CT molecular complexity index is 908. The van der Waals surface area contributed by atoms with Crippen molar-refractivity contribution in [3.8, 4) is 16.9 Å². The fraction of sp³-hybridized carbons (Fsp3) is 0.333. The highest BCUT2D eigenvalue weighted by molar-refractivity contribution is 5.92. The van der Waals surface area contributed by atoms with Gasteiger partial charge in [-0.3, -0.25) is 4.90 Å².